The van der Waals surface area contributed by atoms with Crippen molar-refractivity contribution in [1.82, 2.24) is 0 Å². The molecule has 0 aromatic heterocycles. The molecule has 1 fully saturated rings. The number of hydrogen-bond acceptors (Lipinski definition) is 4. The normalized spacial score (nSPS) is 18.6. The molecule has 1 saturated heterocycles. The van der Waals surface area contributed by atoms with Crippen LogP contribution in [0.1, 0.15) is 24.0 Å². The van der Waals surface area contributed by atoms with Crippen molar-refractivity contribution in [3.05, 3.63) is 71.4 Å². The number of benzene rings is 2. The summed E-state index contributed by atoms with van der Waals surface area (Å²) in [6.07, 6.45) is 3.19. The minimum absolute atomic E-state index is 0.144. The Hall–Kier alpha value is -3.21. The molecule has 0 N–H and O–H groups in total. The maximum Gasteiger partial charge on any atom is 0.363 e. The number of carbonyl (C=O) groups excluding carboxylic acids is 2. The molecule has 5 heteroatoms. The summed E-state index contributed by atoms with van der Waals surface area (Å²) < 4.78 is 5.28. The van der Waals surface area contributed by atoms with Crippen LogP contribution in [0.25, 0.3) is 6.08 Å². The Balaban J connectivity index is 1.58. The highest BCUT2D eigenvalue weighted by atomic mass is 16.6. The van der Waals surface area contributed by atoms with E-state index in [-0.39, 0.29) is 17.5 Å². The van der Waals surface area contributed by atoms with Crippen LogP contribution in [0.15, 0.2) is 65.3 Å². The SMILES string of the molecule is O=C1OC(c2ccc(N3CCCC3=O)cc2)=N/C1=C/c1ccccc1. The van der Waals surface area contributed by atoms with Crippen LogP contribution in [0.2, 0.25) is 0 Å². The summed E-state index contributed by atoms with van der Waals surface area (Å²) in [4.78, 5) is 29.9. The first-order valence-electron chi connectivity index (χ1n) is 8.19. The van der Waals surface area contributed by atoms with Crippen LogP contribution in [-0.4, -0.2) is 24.3 Å². The maximum atomic E-state index is 12.0. The number of hydrogen-bond donors (Lipinski definition) is 0. The summed E-state index contributed by atoms with van der Waals surface area (Å²) in [7, 11) is 0. The van der Waals surface area contributed by atoms with Gasteiger partial charge in [-0.2, -0.15) is 0 Å². The molecule has 2 aromatic rings. The summed E-state index contributed by atoms with van der Waals surface area (Å²) in [5.41, 5.74) is 2.73. The van der Waals surface area contributed by atoms with E-state index < -0.39 is 5.97 Å². The zero-order valence-electron chi connectivity index (χ0n) is 13.5. The molecule has 2 aromatic carbocycles. The van der Waals surface area contributed by atoms with Gasteiger partial charge in [-0.25, -0.2) is 9.79 Å². The van der Waals surface area contributed by atoms with Gasteiger partial charge in [0.25, 0.3) is 0 Å². The van der Waals surface area contributed by atoms with E-state index in [9.17, 15) is 9.59 Å². The quantitative estimate of drug-likeness (QED) is 0.641. The molecule has 0 spiro atoms. The topological polar surface area (TPSA) is 59.0 Å². The smallest absolute Gasteiger partial charge is 0.363 e. The zero-order valence-corrected chi connectivity index (χ0v) is 13.5. The highest BCUT2D eigenvalue weighted by Gasteiger charge is 2.25. The molecule has 4 rings (SSSR count). The first-order chi connectivity index (χ1) is 12.2. The molecule has 0 unspecified atom stereocenters. The monoisotopic (exact) mass is 332 g/mol. The Labute approximate surface area is 145 Å². The van der Waals surface area contributed by atoms with Crippen molar-refractivity contribution in [3.63, 3.8) is 0 Å². The lowest BCUT2D eigenvalue weighted by Gasteiger charge is -2.15. The molecular weight excluding hydrogens is 316 g/mol. The largest absolute Gasteiger partial charge is 0.402 e. The molecule has 25 heavy (non-hydrogen) atoms. The molecule has 2 aliphatic rings. The van der Waals surface area contributed by atoms with Crippen molar-refractivity contribution in [2.45, 2.75) is 12.8 Å². The Bertz CT molecular complexity index is 883. The number of esters is 1. The van der Waals surface area contributed by atoms with Crippen LogP contribution in [0.4, 0.5) is 5.69 Å². The van der Waals surface area contributed by atoms with E-state index in [1.54, 1.807) is 11.0 Å². The predicted octanol–water partition coefficient (Wildman–Crippen LogP) is 3.16. The van der Waals surface area contributed by atoms with Crippen LogP contribution in [-0.2, 0) is 14.3 Å². The lowest BCUT2D eigenvalue weighted by molar-refractivity contribution is -0.130. The Morgan fingerprint density at radius 3 is 2.44 bits per heavy atom. The summed E-state index contributed by atoms with van der Waals surface area (Å²) in [6, 6.07) is 16.9. The minimum Gasteiger partial charge on any atom is -0.402 e. The van der Waals surface area contributed by atoms with Gasteiger partial charge < -0.3 is 9.64 Å². The van der Waals surface area contributed by atoms with Crippen LogP contribution in [0.3, 0.4) is 0 Å². The van der Waals surface area contributed by atoms with E-state index in [0.29, 0.717) is 12.0 Å². The van der Waals surface area contributed by atoms with E-state index in [1.165, 1.54) is 0 Å². The van der Waals surface area contributed by atoms with Crippen molar-refractivity contribution in [1.29, 1.82) is 0 Å². The third-order valence-electron chi connectivity index (χ3n) is 4.22. The second-order valence-electron chi connectivity index (χ2n) is 5.94. The molecule has 0 saturated carbocycles. The van der Waals surface area contributed by atoms with Gasteiger partial charge >= 0.3 is 5.97 Å². The second kappa shape index (κ2) is 6.36. The number of amides is 1. The first kappa shape index (κ1) is 15.3. The highest BCUT2D eigenvalue weighted by Crippen LogP contribution is 2.24. The van der Waals surface area contributed by atoms with Gasteiger partial charge in [0, 0.05) is 24.2 Å². The third-order valence-corrected chi connectivity index (χ3v) is 4.22. The van der Waals surface area contributed by atoms with E-state index in [2.05, 4.69) is 4.99 Å². The molecule has 1 amide bonds. The number of nitrogens with zero attached hydrogens (tertiary/aromatic N) is 2. The molecule has 0 radical (unpaired) electrons. The van der Waals surface area contributed by atoms with E-state index in [4.69, 9.17) is 4.74 Å². The average Bonchev–Trinajstić information content (AvgIpc) is 3.22. The number of carbonyl (C=O) groups is 2. The van der Waals surface area contributed by atoms with Gasteiger partial charge in [0.1, 0.15) is 0 Å². The van der Waals surface area contributed by atoms with Crippen molar-refractivity contribution in [3.8, 4) is 0 Å². The lowest BCUT2D eigenvalue weighted by atomic mass is 10.2. The number of cyclic esters (lactones) is 1. The van der Waals surface area contributed by atoms with Crippen molar-refractivity contribution < 1.29 is 14.3 Å². The molecule has 0 aliphatic carbocycles. The summed E-state index contributed by atoms with van der Waals surface area (Å²) in [5.74, 6) is -0.0328. The number of anilines is 1. The second-order valence-corrected chi connectivity index (χ2v) is 5.94. The molecule has 5 nitrogen and oxygen atoms in total. The summed E-state index contributed by atoms with van der Waals surface area (Å²) >= 11 is 0. The van der Waals surface area contributed by atoms with E-state index in [1.807, 2.05) is 54.6 Å². The highest BCUT2D eigenvalue weighted by molar-refractivity contribution is 6.13. The molecule has 0 bridgehead atoms. The lowest BCUT2D eigenvalue weighted by Crippen LogP contribution is -2.23. The minimum atomic E-state index is -0.461. The average molecular weight is 332 g/mol. The molecule has 0 atom stereocenters. The fourth-order valence-corrected chi connectivity index (χ4v) is 2.94. The van der Waals surface area contributed by atoms with Crippen molar-refractivity contribution in [2.24, 2.45) is 4.99 Å². The first-order valence-corrected chi connectivity index (χ1v) is 8.19. The number of aliphatic imine (C=N–C) groups is 1. The van der Waals surface area contributed by atoms with E-state index >= 15 is 0 Å². The van der Waals surface area contributed by atoms with Crippen molar-refractivity contribution >= 4 is 29.5 Å². The summed E-state index contributed by atoms with van der Waals surface area (Å²) in [6.45, 7) is 0.748. The van der Waals surface area contributed by atoms with Crippen molar-refractivity contribution in [2.75, 3.05) is 11.4 Å². The Morgan fingerprint density at radius 2 is 1.76 bits per heavy atom. The fraction of sp³-hybridized carbons (Fsp3) is 0.150. The fourth-order valence-electron chi connectivity index (χ4n) is 2.94. The standard InChI is InChI=1S/C20H16N2O3/c23-18-7-4-12-22(18)16-10-8-15(9-11-16)19-21-17(20(24)25-19)13-14-5-2-1-3-6-14/h1-3,5-6,8-11,13H,4,7,12H2/b17-13+. The van der Waals surface area contributed by atoms with Gasteiger partial charge in [0.15, 0.2) is 5.70 Å². The van der Waals surface area contributed by atoms with Gasteiger partial charge in [-0.15, -0.1) is 0 Å². The van der Waals surface area contributed by atoms with Crippen LogP contribution in [0, 0.1) is 0 Å². The Morgan fingerprint density at radius 1 is 1.00 bits per heavy atom. The molecular formula is C20H16N2O3. The van der Waals surface area contributed by atoms with Crippen LogP contribution >= 0.6 is 0 Å². The van der Waals surface area contributed by atoms with Crippen LogP contribution in [0.5, 0.6) is 0 Å². The van der Waals surface area contributed by atoms with Gasteiger partial charge in [-0.1, -0.05) is 30.3 Å². The Kier molecular flexibility index (Phi) is 3.90. The number of rotatable bonds is 3. The molecule has 2 heterocycles. The predicted molar refractivity (Wildman–Crippen MR) is 95.1 cm³/mol. The van der Waals surface area contributed by atoms with Gasteiger partial charge in [-0.05, 0) is 42.3 Å². The van der Waals surface area contributed by atoms with E-state index in [0.717, 1.165) is 24.2 Å². The van der Waals surface area contributed by atoms with Gasteiger partial charge in [0.05, 0.1) is 0 Å². The maximum absolute atomic E-state index is 12.0. The molecule has 2 aliphatic heterocycles. The number of ether oxygens (including phenoxy) is 1. The van der Waals surface area contributed by atoms with Crippen LogP contribution < -0.4 is 4.90 Å². The van der Waals surface area contributed by atoms with Gasteiger partial charge in [-0.3, -0.25) is 4.79 Å². The zero-order chi connectivity index (χ0) is 17.2. The van der Waals surface area contributed by atoms with Gasteiger partial charge in [0.2, 0.25) is 11.8 Å². The third kappa shape index (κ3) is 3.08. The summed E-state index contributed by atoms with van der Waals surface area (Å²) in [5, 5.41) is 0. The molecule has 124 valence electrons.